The summed E-state index contributed by atoms with van der Waals surface area (Å²) in [6, 6.07) is 11.9. The lowest BCUT2D eigenvalue weighted by Crippen LogP contribution is -2.65. The van der Waals surface area contributed by atoms with Crippen molar-refractivity contribution in [1.82, 2.24) is 0 Å². The first-order valence-electron chi connectivity index (χ1n) is 9.97. The van der Waals surface area contributed by atoms with Crippen molar-refractivity contribution in [3.05, 3.63) is 66.0 Å². The molecule has 1 aromatic carbocycles. The number of aromatic nitrogens is 1. The van der Waals surface area contributed by atoms with Gasteiger partial charge in [-0.2, -0.15) is 4.57 Å². The van der Waals surface area contributed by atoms with Crippen LogP contribution in [0.5, 0.6) is 0 Å². The molecule has 1 aliphatic rings. The SMILES string of the molecule is NC(=O)c1ccc[n+]([C@@H]2O[C@H](COP(=O)([O-])[O-])[C@@H](O)[C@H]2O)c1.[NH3+][C@@H](Cc1ccccc1)C(=O)O. The number of hydrogen-bond acceptors (Lipinski definition) is 9. The number of carbonyl (C=O) groups is 2. The maximum absolute atomic E-state index is 11.1. The smallest absolute Gasteiger partial charge is 0.362 e. The van der Waals surface area contributed by atoms with Crippen LogP contribution in [0.1, 0.15) is 22.1 Å². The minimum Gasteiger partial charge on any atom is -0.790 e. The highest BCUT2D eigenvalue weighted by Crippen LogP contribution is 2.30. The molecular formula is C20H26N3O10P. The Kier molecular flexibility index (Phi) is 9.79. The molecule has 13 nitrogen and oxygen atoms in total. The molecule has 0 unspecified atom stereocenters. The molecule has 8 N–H and O–H groups in total. The summed E-state index contributed by atoms with van der Waals surface area (Å²) >= 11 is 0. The molecule has 2 heterocycles. The van der Waals surface area contributed by atoms with E-state index in [9.17, 15) is 34.2 Å². The highest BCUT2D eigenvalue weighted by molar-refractivity contribution is 7.43. The van der Waals surface area contributed by atoms with Gasteiger partial charge in [0, 0.05) is 12.5 Å². The second kappa shape index (κ2) is 12.1. The highest BCUT2D eigenvalue weighted by atomic mass is 31.2. The third-order valence-electron chi connectivity index (χ3n) is 4.81. The van der Waals surface area contributed by atoms with Crippen LogP contribution in [0.4, 0.5) is 0 Å². The van der Waals surface area contributed by atoms with Crippen LogP contribution in [0.2, 0.25) is 0 Å². The summed E-state index contributed by atoms with van der Waals surface area (Å²) in [5.74, 6) is -1.54. The Bertz CT molecular complexity index is 1020. The Labute approximate surface area is 194 Å². The highest BCUT2D eigenvalue weighted by Gasteiger charge is 2.48. The van der Waals surface area contributed by atoms with Crippen molar-refractivity contribution in [2.24, 2.45) is 5.73 Å². The van der Waals surface area contributed by atoms with E-state index in [-0.39, 0.29) is 5.56 Å². The van der Waals surface area contributed by atoms with E-state index in [0.29, 0.717) is 6.42 Å². The van der Waals surface area contributed by atoms with E-state index in [0.717, 1.165) is 5.56 Å². The Hall–Kier alpha value is -2.74. The number of hydrogen-bond donors (Lipinski definition) is 5. The molecule has 0 saturated carbocycles. The molecule has 5 atom stereocenters. The predicted octanol–water partition coefficient (Wildman–Crippen LogP) is -3.54. The molecule has 1 fully saturated rings. The van der Waals surface area contributed by atoms with Crippen molar-refractivity contribution in [3.8, 4) is 0 Å². The molecule has 1 amide bonds. The van der Waals surface area contributed by atoms with Gasteiger partial charge in [-0.1, -0.05) is 30.3 Å². The second-order valence-electron chi connectivity index (χ2n) is 7.42. The van der Waals surface area contributed by atoms with Crippen LogP contribution >= 0.6 is 7.82 Å². The van der Waals surface area contributed by atoms with Crippen LogP contribution in [0.3, 0.4) is 0 Å². The molecule has 34 heavy (non-hydrogen) atoms. The number of nitrogens with zero attached hydrogens (tertiary/aromatic N) is 1. The van der Waals surface area contributed by atoms with Gasteiger partial charge in [0.15, 0.2) is 24.5 Å². The first-order valence-corrected chi connectivity index (χ1v) is 11.4. The van der Waals surface area contributed by atoms with E-state index in [1.54, 1.807) is 0 Å². The minimum atomic E-state index is -5.22. The largest absolute Gasteiger partial charge is 0.790 e. The van der Waals surface area contributed by atoms with Crippen LogP contribution in [-0.4, -0.2) is 58.2 Å². The average molecular weight is 499 g/mol. The van der Waals surface area contributed by atoms with E-state index < -0.39 is 56.9 Å². The quantitative estimate of drug-likeness (QED) is 0.177. The number of amides is 1. The van der Waals surface area contributed by atoms with Crippen molar-refractivity contribution in [2.45, 2.75) is 37.0 Å². The van der Waals surface area contributed by atoms with E-state index in [1.165, 1.54) is 29.1 Å². The van der Waals surface area contributed by atoms with E-state index >= 15 is 0 Å². The summed E-state index contributed by atoms with van der Waals surface area (Å²) in [5.41, 5.74) is 9.84. The number of phosphoric ester groups is 1. The number of phosphoric acid groups is 1. The Morgan fingerprint density at radius 1 is 1.18 bits per heavy atom. The normalized spacial score (nSPS) is 23.0. The van der Waals surface area contributed by atoms with Crippen LogP contribution in [-0.2, 0) is 25.0 Å². The van der Waals surface area contributed by atoms with Crippen LogP contribution in [0.15, 0.2) is 54.9 Å². The summed E-state index contributed by atoms with van der Waals surface area (Å²) in [5, 5.41) is 28.3. The number of aliphatic hydroxyl groups excluding tert-OH is 2. The van der Waals surface area contributed by atoms with Crippen molar-refractivity contribution in [3.63, 3.8) is 0 Å². The Morgan fingerprint density at radius 2 is 1.82 bits per heavy atom. The van der Waals surface area contributed by atoms with Gasteiger partial charge < -0.3 is 50.4 Å². The number of pyridine rings is 1. The number of aliphatic carboxylic acids is 1. The number of quaternary nitrogens is 1. The van der Waals surface area contributed by atoms with Gasteiger partial charge in [0.25, 0.3) is 12.1 Å². The molecule has 1 aliphatic heterocycles. The first-order chi connectivity index (χ1) is 15.9. The fourth-order valence-electron chi connectivity index (χ4n) is 3.06. The molecule has 14 heteroatoms. The van der Waals surface area contributed by atoms with Gasteiger partial charge in [-0.15, -0.1) is 0 Å². The van der Waals surface area contributed by atoms with E-state index in [1.807, 2.05) is 30.3 Å². The first kappa shape index (κ1) is 27.5. The lowest BCUT2D eigenvalue weighted by atomic mass is 10.1. The van der Waals surface area contributed by atoms with Crippen molar-refractivity contribution in [1.29, 1.82) is 0 Å². The van der Waals surface area contributed by atoms with Crippen molar-refractivity contribution in [2.75, 3.05) is 6.61 Å². The lowest BCUT2D eigenvalue weighted by molar-refractivity contribution is -0.765. The third kappa shape index (κ3) is 8.24. The summed E-state index contributed by atoms with van der Waals surface area (Å²) < 4.78 is 21.1. The maximum atomic E-state index is 11.1. The van der Waals surface area contributed by atoms with Gasteiger partial charge in [-0.05, 0) is 11.6 Å². The van der Waals surface area contributed by atoms with Crippen molar-refractivity contribution < 1.29 is 58.8 Å². The van der Waals surface area contributed by atoms with Gasteiger partial charge >= 0.3 is 5.97 Å². The predicted molar refractivity (Wildman–Crippen MR) is 109 cm³/mol. The summed E-state index contributed by atoms with van der Waals surface area (Å²) in [4.78, 5) is 42.4. The Morgan fingerprint density at radius 3 is 2.38 bits per heavy atom. The third-order valence-corrected chi connectivity index (χ3v) is 5.27. The number of aliphatic hydroxyl groups is 2. The van der Waals surface area contributed by atoms with Gasteiger partial charge in [-0.25, -0.2) is 4.79 Å². The molecule has 0 spiro atoms. The number of primary amides is 1. The zero-order valence-electron chi connectivity index (χ0n) is 17.9. The van der Waals surface area contributed by atoms with Gasteiger partial charge in [0.05, 0.1) is 14.4 Å². The molecule has 0 aliphatic carbocycles. The number of benzene rings is 1. The van der Waals surface area contributed by atoms with E-state index in [4.69, 9.17) is 15.6 Å². The maximum Gasteiger partial charge on any atom is 0.362 e. The molecule has 1 saturated heterocycles. The molecule has 2 aromatic rings. The van der Waals surface area contributed by atoms with Gasteiger partial charge in [0.1, 0.15) is 17.8 Å². The summed E-state index contributed by atoms with van der Waals surface area (Å²) in [6.45, 7) is -0.727. The van der Waals surface area contributed by atoms with Gasteiger partial charge in [0.2, 0.25) is 0 Å². The lowest BCUT2D eigenvalue weighted by Gasteiger charge is -2.30. The van der Waals surface area contributed by atoms with Crippen LogP contribution in [0, 0.1) is 0 Å². The number of carbonyl (C=O) groups excluding carboxylic acids is 1. The molecule has 3 rings (SSSR count). The fourth-order valence-corrected chi connectivity index (χ4v) is 3.39. The summed E-state index contributed by atoms with van der Waals surface area (Å²) in [7, 11) is -5.22. The van der Waals surface area contributed by atoms with E-state index in [2.05, 4.69) is 10.3 Å². The topological polar surface area (TPSA) is 234 Å². The standard InChI is InChI=1S/C11H15N2O8P.C9H11NO2/c12-10(16)6-2-1-3-13(4-6)11-9(15)8(14)7(21-11)5-20-22(17,18)19;10-8(9(11)12)6-7-4-2-1-3-5-7/h1-4,7-9,11,14-15H,5H2,(H3-,12,16,17,18,19);1-5,8H,6,10H2,(H,11,12)/t7-,8-,9-,11-;8-/m10/s1. The molecular weight excluding hydrogens is 473 g/mol. The summed E-state index contributed by atoms with van der Waals surface area (Å²) in [6.07, 6.45) is -1.95. The van der Waals surface area contributed by atoms with Crippen LogP contribution < -0.4 is 25.8 Å². The molecule has 1 aromatic heterocycles. The number of carboxylic acids is 1. The molecule has 186 valence electrons. The fraction of sp³-hybridized carbons (Fsp3) is 0.350. The van der Waals surface area contributed by atoms with Gasteiger partial charge in [-0.3, -0.25) is 4.79 Å². The molecule has 0 bridgehead atoms. The van der Waals surface area contributed by atoms with Crippen LogP contribution in [0.25, 0.3) is 0 Å². The molecule has 0 radical (unpaired) electrons. The minimum absolute atomic E-state index is 0.149. The Balaban J connectivity index is 0.000000287. The zero-order chi connectivity index (χ0) is 25.5. The zero-order valence-corrected chi connectivity index (χ0v) is 18.8. The second-order valence-corrected chi connectivity index (χ2v) is 8.57. The number of nitrogens with two attached hydrogens (primary N) is 1. The number of ether oxygens (including phenoxy) is 1. The monoisotopic (exact) mass is 499 g/mol. The van der Waals surface area contributed by atoms with Crippen molar-refractivity contribution >= 4 is 19.7 Å². The average Bonchev–Trinajstić information content (AvgIpc) is 3.07. The number of carboxylic acid groups (broad SMARTS) is 1. The number of rotatable bonds is 8.